The van der Waals surface area contributed by atoms with Crippen molar-refractivity contribution < 1.29 is 0 Å². The monoisotopic (exact) mass is 996 g/mol. The Balaban J connectivity index is 1.21. The average molecular weight is 997 g/mol. The second kappa shape index (κ2) is 17.2. The second-order valence-corrected chi connectivity index (χ2v) is 20.1. The standard InChI is InChI=1S/C70H44N8/c71-43-54-63(70-73-68(44-23-3-1-4-24-44)72-69(74-70)45-25-5-2-6-26-45)65(76-57-37-17-9-29-48(57)49-30-10-18-38-58(49)76)67(78-61-41-21-13-33-52(61)53-34-14-22-42-62(53)78)66(77-59-39-19-11-31-50(59)51-32-12-20-40-60(51)77)64(54)75-55-35-15-7-27-46(55)47-28-8-16-36-56(47)75/h1-42,66-67H. The van der Waals surface area contributed by atoms with E-state index in [1.165, 1.54) is 0 Å². The van der Waals surface area contributed by atoms with E-state index in [0.29, 0.717) is 28.6 Å². The molecule has 1 aliphatic rings. The highest BCUT2D eigenvalue weighted by molar-refractivity contribution is 6.18. The molecule has 10 aromatic carbocycles. The highest BCUT2D eigenvalue weighted by Gasteiger charge is 2.46. The molecule has 8 nitrogen and oxygen atoms in total. The molecular weight excluding hydrogens is 953 g/mol. The van der Waals surface area contributed by atoms with E-state index in [1.54, 1.807) is 0 Å². The van der Waals surface area contributed by atoms with E-state index in [4.69, 9.17) is 15.0 Å². The number of hydrogen-bond acceptors (Lipinski definition) is 4. The molecule has 2 unspecified atom stereocenters. The first-order valence-electron chi connectivity index (χ1n) is 26.4. The fourth-order valence-electron chi connectivity index (χ4n) is 13.0. The number of hydrogen-bond donors (Lipinski definition) is 0. The van der Waals surface area contributed by atoms with Crippen LogP contribution in [0.4, 0.5) is 0 Å². The zero-order valence-corrected chi connectivity index (χ0v) is 42.0. The minimum absolute atomic E-state index is 0.390. The molecule has 0 aliphatic heterocycles. The molecule has 15 aromatic rings. The first-order chi connectivity index (χ1) is 38.7. The van der Waals surface area contributed by atoms with E-state index in [9.17, 15) is 5.26 Å². The first-order valence-corrected chi connectivity index (χ1v) is 26.4. The highest BCUT2D eigenvalue weighted by Crippen LogP contribution is 2.58. The van der Waals surface area contributed by atoms with E-state index in [-0.39, 0.29) is 0 Å². The van der Waals surface area contributed by atoms with Crippen LogP contribution in [-0.2, 0) is 0 Å². The van der Waals surface area contributed by atoms with Crippen LogP contribution >= 0.6 is 0 Å². The first kappa shape index (κ1) is 43.7. The summed E-state index contributed by atoms with van der Waals surface area (Å²) in [5.41, 5.74) is 12.6. The lowest BCUT2D eigenvalue weighted by molar-refractivity contribution is 0.481. The van der Waals surface area contributed by atoms with Crippen molar-refractivity contribution in [2.45, 2.75) is 12.1 Å². The fraction of sp³-hybridized carbons (Fsp3) is 0.0286. The van der Waals surface area contributed by atoms with Crippen LogP contribution in [-0.4, -0.2) is 33.2 Å². The van der Waals surface area contributed by atoms with Crippen LogP contribution in [0.5, 0.6) is 0 Å². The van der Waals surface area contributed by atoms with Crippen molar-refractivity contribution in [3.63, 3.8) is 0 Å². The molecule has 0 saturated heterocycles. The van der Waals surface area contributed by atoms with Gasteiger partial charge in [-0.3, -0.25) is 0 Å². The molecular formula is C70H44N8. The van der Waals surface area contributed by atoms with Gasteiger partial charge in [0, 0.05) is 76.3 Å². The summed E-state index contributed by atoms with van der Waals surface area (Å²) >= 11 is 0. The number of allylic oxidation sites excluding steroid dienone is 4. The Hall–Kier alpha value is -10.6. The number of rotatable bonds is 7. The second-order valence-electron chi connectivity index (χ2n) is 20.1. The molecule has 0 saturated carbocycles. The van der Waals surface area contributed by atoms with Gasteiger partial charge in [-0.05, 0) is 48.5 Å². The minimum atomic E-state index is -0.634. The summed E-state index contributed by atoms with van der Waals surface area (Å²) in [6, 6.07) is 91.6. The van der Waals surface area contributed by atoms with Gasteiger partial charge >= 0.3 is 0 Å². The molecule has 1 aliphatic carbocycles. The lowest BCUT2D eigenvalue weighted by Gasteiger charge is -2.41. The Morgan fingerprint density at radius 1 is 0.282 bits per heavy atom. The normalized spacial score (nSPS) is 15.1. The molecule has 5 aromatic heterocycles. The Morgan fingerprint density at radius 2 is 0.538 bits per heavy atom. The summed E-state index contributed by atoms with van der Waals surface area (Å²) in [6.07, 6.45) is 0. The SMILES string of the molecule is N#CC1=C(n2c3ccccc3c3ccccc32)C(n2c3ccccc3c3ccccc32)C(n2c3ccccc3c3ccccc32)C(n2c3ccccc3c3ccccc32)=C1c1nc(-c2ccccc2)nc(-c2ccccc2)n1. The van der Waals surface area contributed by atoms with Crippen LogP contribution in [0, 0.1) is 11.3 Å². The zero-order chi connectivity index (χ0) is 51.4. The summed E-state index contributed by atoms with van der Waals surface area (Å²) in [5, 5.41) is 21.8. The van der Waals surface area contributed by atoms with Crippen molar-refractivity contribution in [1.29, 1.82) is 5.26 Å². The van der Waals surface area contributed by atoms with Crippen LogP contribution < -0.4 is 0 Å². The predicted molar refractivity (Wildman–Crippen MR) is 318 cm³/mol. The summed E-state index contributed by atoms with van der Waals surface area (Å²) < 4.78 is 9.93. The molecule has 0 spiro atoms. The number of nitriles is 1. The van der Waals surface area contributed by atoms with E-state index in [1.807, 2.05) is 60.7 Å². The maximum Gasteiger partial charge on any atom is 0.167 e. The lowest BCUT2D eigenvalue weighted by atomic mass is 9.83. The van der Waals surface area contributed by atoms with Gasteiger partial charge in [0.1, 0.15) is 18.2 Å². The summed E-state index contributed by atoms with van der Waals surface area (Å²) in [5.74, 6) is 1.39. The molecule has 2 atom stereocenters. The summed E-state index contributed by atoms with van der Waals surface area (Å²) in [4.78, 5) is 16.5. The molecule has 5 heterocycles. The maximum atomic E-state index is 12.9. The summed E-state index contributed by atoms with van der Waals surface area (Å²) in [6.45, 7) is 0. The predicted octanol–water partition coefficient (Wildman–Crippen LogP) is 16.9. The molecule has 0 N–H and O–H groups in total. The van der Waals surface area contributed by atoms with Gasteiger partial charge in [-0.1, -0.05) is 206 Å². The zero-order valence-electron chi connectivity index (χ0n) is 42.0. The summed E-state index contributed by atoms with van der Waals surface area (Å²) in [7, 11) is 0. The van der Waals surface area contributed by atoms with Gasteiger partial charge in [0.05, 0.1) is 44.6 Å². The molecule has 0 fully saturated rings. The maximum absolute atomic E-state index is 12.9. The van der Waals surface area contributed by atoms with Gasteiger partial charge in [0.2, 0.25) is 0 Å². The number of benzene rings is 10. The number of aromatic nitrogens is 7. The van der Waals surface area contributed by atoms with Crippen molar-refractivity contribution in [2.24, 2.45) is 0 Å². The van der Waals surface area contributed by atoms with Gasteiger partial charge in [-0.15, -0.1) is 0 Å². The van der Waals surface area contributed by atoms with E-state index >= 15 is 0 Å². The van der Waals surface area contributed by atoms with Gasteiger partial charge in [0.25, 0.3) is 0 Å². The third-order valence-corrected chi connectivity index (χ3v) is 16.1. The van der Waals surface area contributed by atoms with Crippen LogP contribution in [0.2, 0.25) is 0 Å². The van der Waals surface area contributed by atoms with E-state index in [2.05, 4.69) is 218 Å². The quantitative estimate of drug-likeness (QED) is 0.159. The van der Waals surface area contributed by atoms with Crippen LogP contribution in [0.1, 0.15) is 17.9 Å². The Kier molecular flexibility index (Phi) is 9.66. The van der Waals surface area contributed by atoms with Crippen LogP contribution in [0.25, 0.3) is 127 Å². The van der Waals surface area contributed by atoms with Crippen molar-refractivity contribution in [3.05, 3.63) is 266 Å². The minimum Gasteiger partial charge on any atom is -0.329 e. The largest absolute Gasteiger partial charge is 0.329 e. The van der Waals surface area contributed by atoms with Crippen molar-refractivity contribution in [1.82, 2.24) is 33.2 Å². The molecule has 8 heteroatoms. The fourth-order valence-corrected chi connectivity index (χ4v) is 13.0. The van der Waals surface area contributed by atoms with E-state index < -0.39 is 12.1 Å². The van der Waals surface area contributed by atoms with Crippen molar-refractivity contribution in [3.8, 4) is 28.8 Å². The van der Waals surface area contributed by atoms with Crippen LogP contribution in [0.3, 0.4) is 0 Å². The topological polar surface area (TPSA) is 82.2 Å². The number of fused-ring (bicyclic) bond motifs is 12. The van der Waals surface area contributed by atoms with Gasteiger partial charge in [-0.25, -0.2) is 15.0 Å². The average Bonchev–Trinajstić information content (AvgIpc) is 4.33. The third-order valence-electron chi connectivity index (χ3n) is 16.1. The smallest absolute Gasteiger partial charge is 0.167 e. The molecule has 78 heavy (non-hydrogen) atoms. The lowest BCUT2D eigenvalue weighted by Crippen LogP contribution is -2.33. The third kappa shape index (κ3) is 6.30. The Morgan fingerprint density at radius 3 is 0.872 bits per heavy atom. The molecule has 364 valence electrons. The molecule has 0 bridgehead atoms. The van der Waals surface area contributed by atoms with Gasteiger partial charge in [0.15, 0.2) is 17.5 Å². The Labute approximate surface area is 447 Å². The number of para-hydroxylation sites is 8. The molecule has 0 radical (unpaired) electrons. The Bertz CT molecular complexity index is 4790. The molecule has 16 rings (SSSR count). The highest BCUT2D eigenvalue weighted by atomic mass is 15.2. The number of nitrogens with zero attached hydrogens (tertiary/aromatic N) is 8. The van der Waals surface area contributed by atoms with Crippen LogP contribution in [0.15, 0.2) is 260 Å². The molecule has 0 amide bonds. The van der Waals surface area contributed by atoms with Crippen molar-refractivity contribution in [2.75, 3.05) is 0 Å². The van der Waals surface area contributed by atoms with Gasteiger partial charge in [-0.2, -0.15) is 5.26 Å². The van der Waals surface area contributed by atoms with Crippen molar-refractivity contribution >= 4 is 104 Å². The van der Waals surface area contributed by atoms with Gasteiger partial charge < -0.3 is 18.3 Å². The van der Waals surface area contributed by atoms with E-state index in [0.717, 1.165) is 110 Å².